The van der Waals surface area contributed by atoms with Crippen LogP contribution in [0.25, 0.3) is 0 Å². The number of aromatic nitrogens is 3. The summed E-state index contributed by atoms with van der Waals surface area (Å²) in [5.74, 6) is 1.19. The van der Waals surface area contributed by atoms with Crippen molar-refractivity contribution in [3.05, 3.63) is 11.6 Å². The Kier molecular flexibility index (Phi) is 3.55. The third-order valence-corrected chi connectivity index (χ3v) is 3.93. The van der Waals surface area contributed by atoms with Crippen LogP contribution in [0.2, 0.25) is 0 Å². The van der Waals surface area contributed by atoms with Gasteiger partial charge in [-0.3, -0.25) is 4.68 Å². The van der Waals surface area contributed by atoms with Crippen molar-refractivity contribution in [2.75, 3.05) is 0 Å². The molecule has 0 saturated carbocycles. The molecule has 0 N–H and O–H groups in total. The third kappa shape index (κ3) is 2.47. The number of alkyl halides is 2. The maximum absolute atomic E-state index is 14.0. The van der Waals surface area contributed by atoms with Gasteiger partial charge in [-0.25, -0.2) is 9.37 Å². The van der Waals surface area contributed by atoms with Crippen molar-refractivity contribution in [1.82, 2.24) is 14.8 Å². The monoisotopic (exact) mass is 292 g/mol. The molecule has 1 aromatic heterocycles. The van der Waals surface area contributed by atoms with Crippen molar-refractivity contribution in [3.8, 4) is 0 Å². The molecule has 0 radical (unpaired) electrons. The number of halogens is 2. The number of rotatable bonds is 2. The molecule has 0 amide bonds. The van der Waals surface area contributed by atoms with Crippen LogP contribution in [0.1, 0.15) is 30.2 Å². The van der Waals surface area contributed by atoms with E-state index in [0.29, 0.717) is 11.6 Å². The molecule has 2 atom stereocenters. The topological polar surface area (TPSA) is 52.3 Å². The summed E-state index contributed by atoms with van der Waals surface area (Å²) in [6.07, 6.45) is -1.28. The van der Waals surface area contributed by atoms with Gasteiger partial charge in [0, 0.05) is 7.05 Å². The van der Waals surface area contributed by atoms with E-state index in [1.165, 1.54) is 0 Å². The minimum absolute atomic E-state index is 0.237. The van der Waals surface area contributed by atoms with Crippen LogP contribution in [-0.2, 0) is 11.9 Å². The Morgan fingerprint density at radius 2 is 2.22 bits per heavy atom. The van der Waals surface area contributed by atoms with Crippen molar-refractivity contribution in [2.45, 2.75) is 37.3 Å². The zero-order chi connectivity index (χ0) is 13.5. The normalized spacial score (nSPS) is 23.7. The molecule has 0 fully saturated rings. The first-order chi connectivity index (χ1) is 8.31. The lowest BCUT2D eigenvalue weighted by atomic mass is 10.1. The number of aryl methyl sites for hydroxylation is 2. The summed E-state index contributed by atoms with van der Waals surface area (Å²) in [4.78, 5) is 9.22. The maximum Gasteiger partial charge on any atom is 0.193 e. The van der Waals surface area contributed by atoms with Gasteiger partial charge in [0.2, 0.25) is 0 Å². The van der Waals surface area contributed by atoms with Gasteiger partial charge in [0.05, 0.1) is 0 Å². The molecular weight excluding hydrogens is 279 g/mol. The van der Waals surface area contributed by atoms with Crippen LogP contribution in [0.15, 0.2) is 5.16 Å². The molecule has 0 aromatic carbocycles. The quantitative estimate of drug-likeness (QED) is 0.786. The second kappa shape index (κ2) is 4.70. The van der Waals surface area contributed by atoms with E-state index in [4.69, 9.17) is 16.4 Å². The first-order valence-corrected chi connectivity index (χ1v) is 6.71. The van der Waals surface area contributed by atoms with Gasteiger partial charge in [-0.05, 0) is 20.8 Å². The number of nitrogens with zero attached hydrogens (tertiary/aromatic N) is 4. The van der Waals surface area contributed by atoms with Crippen molar-refractivity contribution < 1.29 is 9.23 Å². The summed E-state index contributed by atoms with van der Waals surface area (Å²) >= 11 is 7.29. The fourth-order valence-corrected chi connectivity index (χ4v) is 2.99. The Hall–Kier alpha value is -0.820. The van der Waals surface area contributed by atoms with E-state index in [1.54, 1.807) is 32.5 Å². The first-order valence-electron chi connectivity index (χ1n) is 5.39. The molecule has 2 unspecified atom stereocenters. The first kappa shape index (κ1) is 13.6. The second-order valence-corrected chi connectivity index (χ2v) is 6.38. The number of oxime groups is 1. The van der Waals surface area contributed by atoms with Crippen molar-refractivity contribution >= 4 is 28.4 Å². The highest BCUT2D eigenvalue weighted by molar-refractivity contribution is 8.15. The standard InChI is InChI=1S/C10H14ClFN4OS/c1-5-13-8(16(4)14-5)7(11)18-9-6(12)10(2,3)17-15-9/h6-7H,1-4H3. The van der Waals surface area contributed by atoms with Crippen LogP contribution in [0.3, 0.4) is 0 Å². The molecule has 1 aromatic rings. The van der Waals surface area contributed by atoms with E-state index in [9.17, 15) is 4.39 Å². The van der Waals surface area contributed by atoms with E-state index in [1.807, 2.05) is 0 Å². The predicted molar refractivity (Wildman–Crippen MR) is 69.4 cm³/mol. The zero-order valence-corrected chi connectivity index (χ0v) is 12.1. The second-order valence-electron chi connectivity index (χ2n) is 4.56. The molecule has 0 aliphatic carbocycles. The number of hydrogen-bond donors (Lipinski definition) is 0. The largest absolute Gasteiger partial charge is 0.385 e. The molecule has 2 heterocycles. The summed E-state index contributed by atoms with van der Waals surface area (Å²) in [5, 5.41) is 8.07. The lowest BCUT2D eigenvalue weighted by Gasteiger charge is -2.18. The highest BCUT2D eigenvalue weighted by atomic mass is 35.5. The van der Waals surface area contributed by atoms with Crippen molar-refractivity contribution in [2.24, 2.45) is 12.2 Å². The molecule has 18 heavy (non-hydrogen) atoms. The van der Waals surface area contributed by atoms with Gasteiger partial charge in [0.1, 0.15) is 10.5 Å². The predicted octanol–water partition coefficient (Wildman–Crippen LogP) is 2.55. The number of hydrogen-bond acceptors (Lipinski definition) is 5. The van der Waals surface area contributed by atoms with E-state index in [0.717, 1.165) is 11.8 Å². The average Bonchev–Trinajstić information content (AvgIpc) is 2.73. The molecule has 0 bridgehead atoms. The van der Waals surface area contributed by atoms with Crippen LogP contribution in [-0.4, -0.2) is 31.6 Å². The van der Waals surface area contributed by atoms with E-state index in [-0.39, 0.29) is 5.04 Å². The molecule has 5 nitrogen and oxygen atoms in total. The summed E-state index contributed by atoms with van der Waals surface area (Å²) in [6, 6.07) is 0. The maximum atomic E-state index is 14.0. The van der Waals surface area contributed by atoms with E-state index >= 15 is 0 Å². The lowest BCUT2D eigenvalue weighted by molar-refractivity contribution is -0.0232. The Labute approximate surface area is 114 Å². The van der Waals surface area contributed by atoms with Crippen LogP contribution < -0.4 is 0 Å². The molecule has 0 spiro atoms. The Morgan fingerprint density at radius 3 is 2.67 bits per heavy atom. The van der Waals surface area contributed by atoms with Crippen LogP contribution in [0.5, 0.6) is 0 Å². The Morgan fingerprint density at radius 1 is 1.56 bits per heavy atom. The molecule has 1 aliphatic heterocycles. The van der Waals surface area contributed by atoms with Crippen molar-refractivity contribution in [3.63, 3.8) is 0 Å². The smallest absolute Gasteiger partial charge is 0.193 e. The summed E-state index contributed by atoms with van der Waals surface area (Å²) in [7, 11) is 1.75. The fraction of sp³-hybridized carbons (Fsp3) is 0.700. The Balaban J connectivity index is 2.09. The van der Waals surface area contributed by atoms with Crippen LogP contribution in [0, 0.1) is 6.92 Å². The third-order valence-electron chi connectivity index (χ3n) is 2.53. The SMILES string of the molecule is Cc1nc(C(Cl)SC2=NOC(C)(C)C2F)n(C)n1. The van der Waals surface area contributed by atoms with E-state index < -0.39 is 16.5 Å². The molecule has 8 heteroatoms. The fourth-order valence-electron chi connectivity index (χ4n) is 1.52. The summed E-state index contributed by atoms with van der Waals surface area (Å²) in [6.45, 7) is 5.06. The highest BCUT2D eigenvalue weighted by Gasteiger charge is 2.43. The van der Waals surface area contributed by atoms with E-state index in [2.05, 4.69) is 15.2 Å². The summed E-state index contributed by atoms with van der Waals surface area (Å²) in [5.41, 5.74) is -0.936. The van der Waals surface area contributed by atoms with Gasteiger partial charge >= 0.3 is 0 Å². The van der Waals surface area contributed by atoms with Crippen LogP contribution >= 0.6 is 23.4 Å². The molecular formula is C10H14ClFN4OS. The van der Waals surface area contributed by atoms with Gasteiger partial charge in [-0.2, -0.15) is 5.10 Å². The van der Waals surface area contributed by atoms with Gasteiger partial charge in [0.25, 0.3) is 0 Å². The molecule has 1 aliphatic rings. The minimum atomic E-state index is -1.28. The number of thioether (sulfide) groups is 1. The van der Waals surface area contributed by atoms with Crippen molar-refractivity contribution in [1.29, 1.82) is 0 Å². The molecule has 2 rings (SSSR count). The molecule has 100 valence electrons. The van der Waals surface area contributed by atoms with Gasteiger partial charge in [-0.15, -0.1) is 11.6 Å². The van der Waals surface area contributed by atoms with Crippen LogP contribution in [0.4, 0.5) is 4.39 Å². The minimum Gasteiger partial charge on any atom is -0.385 e. The Bertz CT molecular complexity index is 490. The average molecular weight is 293 g/mol. The summed E-state index contributed by atoms with van der Waals surface area (Å²) < 4.78 is 15.0. The highest BCUT2D eigenvalue weighted by Crippen LogP contribution is 2.39. The lowest BCUT2D eigenvalue weighted by Crippen LogP contribution is -2.33. The van der Waals surface area contributed by atoms with Gasteiger partial charge in [-0.1, -0.05) is 16.9 Å². The van der Waals surface area contributed by atoms with Gasteiger partial charge in [0.15, 0.2) is 22.6 Å². The van der Waals surface area contributed by atoms with Gasteiger partial charge < -0.3 is 4.84 Å². The zero-order valence-electron chi connectivity index (χ0n) is 10.5. The molecule has 0 saturated heterocycles.